The second-order valence-corrected chi connectivity index (χ2v) is 10.2. The summed E-state index contributed by atoms with van der Waals surface area (Å²) in [4.78, 5) is 12.4. The Morgan fingerprint density at radius 3 is 2.34 bits per heavy atom. The monoisotopic (exact) mass is 416 g/mol. The fourth-order valence-corrected chi connectivity index (χ4v) is 4.77. The molecule has 6 nitrogen and oxygen atoms in total. The van der Waals surface area contributed by atoms with Gasteiger partial charge in [0.1, 0.15) is 5.75 Å². The number of hydrogen-bond acceptors (Lipinski definition) is 4. The van der Waals surface area contributed by atoms with Gasteiger partial charge in [-0.2, -0.15) is 4.31 Å². The molecule has 7 heteroatoms. The van der Waals surface area contributed by atoms with Crippen LogP contribution in [-0.4, -0.2) is 38.3 Å². The zero-order valence-corrected chi connectivity index (χ0v) is 18.0. The fraction of sp³-hybridized carbons (Fsp3) is 0.409. The smallest absolute Gasteiger partial charge is 0.262 e. The van der Waals surface area contributed by atoms with Gasteiger partial charge in [-0.05, 0) is 54.2 Å². The first kappa shape index (κ1) is 21.3. The molecule has 1 aliphatic rings. The molecule has 0 saturated carbocycles. The van der Waals surface area contributed by atoms with E-state index in [2.05, 4.69) is 26.1 Å². The predicted molar refractivity (Wildman–Crippen MR) is 114 cm³/mol. The van der Waals surface area contributed by atoms with Gasteiger partial charge in [-0.3, -0.25) is 4.79 Å². The van der Waals surface area contributed by atoms with Crippen molar-refractivity contribution in [2.45, 2.75) is 43.9 Å². The fourth-order valence-electron chi connectivity index (χ4n) is 3.21. The van der Waals surface area contributed by atoms with Crippen molar-refractivity contribution in [2.24, 2.45) is 0 Å². The molecule has 0 aliphatic carbocycles. The molecule has 1 saturated heterocycles. The topological polar surface area (TPSA) is 75.7 Å². The van der Waals surface area contributed by atoms with E-state index in [1.807, 2.05) is 24.3 Å². The van der Waals surface area contributed by atoms with Gasteiger partial charge in [0, 0.05) is 18.8 Å². The summed E-state index contributed by atoms with van der Waals surface area (Å²) in [5.41, 5.74) is 1.67. The number of nitrogens with one attached hydrogen (secondary N) is 1. The van der Waals surface area contributed by atoms with Gasteiger partial charge in [-0.1, -0.05) is 39.0 Å². The molecule has 0 unspecified atom stereocenters. The van der Waals surface area contributed by atoms with Crippen molar-refractivity contribution in [1.82, 2.24) is 4.31 Å². The summed E-state index contributed by atoms with van der Waals surface area (Å²) in [5, 5.41) is 2.70. The zero-order chi connectivity index (χ0) is 21.1. The Bertz CT molecular complexity index is 957. The molecule has 0 atom stereocenters. The number of sulfonamides is 1. The van der Waals surface area contributed by atoms with E-state index in [9.17, 15) is 13.2 Å². The summed E-state index contributed by atoms with van der Waals surface area (Å²) >= 11 is 0. The molecule has 0 radical (unpaired) electrons. The van der Waals surface area contributed by atoms with Crippen LogP contribution >= 0.6 is 0 Å². The lowest BCUT2D eigenvalue weighted by Gasteiger charge is -2.19. The van der Waals surface area contributed by atoms with Gasteiger partial charge in [-0.25, -0.2) is 8.42 Å². The van der Waals surface area contributed by atoms with Crippen LogP contribution in [0.1, 0.15) is 39.2 Å². The second-order valence-electron chi connectivity index (χ2n) is 8.25. The molecular weight excluding hydrogens is 388 g/mol. The first-order valence-corrected chi connectivity index (χ1v) is 11.2. The third-order valence-electron chi connectivity index (χ3n) is 4.91. The summed E-state index contributed by atoms with van der Waals surface area (Å²) in [7, 11) is -3.52. The van der Waals surface area contributed by atoms with Gasteiger partial charge in [0.25, 0.3) is 5.91 Å². The number of anilines is 1. The standard InChI is InChI=1S/C22H28N2O4S/c1-22(2,3)17-9-11-19(12-10-17)28-16-21(25)23-18-7-6-8-20(15-18)29(26,27)24-13-4-5-14-24/h6-12,15H,4-5,13-14,16H2,1-3H3,(H,23,25). The van der Waals surface area contributed by atoms with Gasteiger partial charge >= 0.3 is 0 Å². The summed E-state index contributed by atoms with van der Waals surface area (Å²) in [6.45, 7) is 7.33. The third-order valence-corrected chi connectivity index (χ3v) is 6.81. The number of rotatable bonds is 6. The third kappa shape index (κ3) is 5.36. The van der Waals surface area contributed by atoms with Crippen LogP contribution < -0.4 is 10.1 Å². The van der Waals surface area contributed by atoms with Crippen LogP contribution in [0.5, 0.6) is 5.75 Å². The van der Waals surface area contributed by atoms with Gasteiger partial charge in [-0.15, -0.1) is 0 Å². The Labute approximate surface area is 172 Å². The summed E-state index contributed by atoms with van der Waals surface area (Å²) < 4.78 is 32.4. The molecular formula is C22H28N2O4S. The minimum atomic E-state index is -3.52. The van der Waals surface area contributed by atoms with Crippen molar-refractivity contribution in [3.05, 3.63) is 54.1 Å². The number of benzene rings is 2. The zero-order valence-electron chi connectivity index (χ0n) is 17.1. The van der Waals surface area contributed by atoms with Crippen LogP contribution in [0.15, 0.2) is 53.4 Å². The van der Waals surface area contributed by atoms with E-state index in [-0.39, 0.29) is 22.8 Å². The van der Waals surface area contributed by atoms with Crippen molar-refractivity contribution in [3.8, 4) is 5.75 Å². The lowest BCUT2D eigenvalue weighted by molar-refractivity contribution is -0.118. The van der Waals surface area contributed by atoms with Crippen LogP contribution in [0.2, 0.25) is 0 Å². The highest BCUT2D eigenvalue weighted by molar-refractivity contribution is 7.89. The Kier molecular flexibility index (Phi) is 6.29. The van der Waals surface area contributed by atoms with Gasteiger partial charge < -0.3 is 10.1 Å². The molecule has 1 fully saturated rings. The molecule has 1 heterocycles. The molecule has 1 aliphatic heterocycles. The Morgan fingerprint density at radius 2 is 1.72 bits per heavy atom. The van der Waals surface area contributed by atoms with E-state index in [1.165, 1.54) is 15.9 Å². The van der Waals surface area contributed by atoms with E-state index < -0.39 is 10.0 Å². The van der Waals surface area contributed by atoms with Gasteiger partial charge in [0.05, 0.1) is 4.90 Å². The van der Waals surface area contributed by atoms with Crippen molar-refractivity contribution in [1.29, 1.82) is 0 Å². The van der Waals surface area contributed by atoms with Crippen LogP contribution in [-0.2, 0) is 20.2 Å². The maximum Gasteiger partial charge on any atom is 0.262 e. The number of nitrogens with zero attached hydrogens (tertiary/aromatic N) is 1. The van der Waals surface area contributed by atoms with E-state index in [0.29, 0.717) is 24.5 Å². The summed E-state index contributed by atoms with van der Waals surface area (Å²) in [6, 6.07) is 14.0. The van der Waals surface area contributed by atoms with Crippen LogP contribution in [0, 0.1) is 0 Å². The molecule has 2 aromatic carbocycles. The van der Waals surface area contributed by atoms with Gasteiger partial charge in [0.15, 0.2) is 6.61 Å². The van der Waals surface area contributed by atoms with Crippen LogP contribution in [0.3, 0.4) is 0 Å². The molecule has 1 N–H and O–H groups in total. The minimum Gasteiger partial charge on any atom is -0.484 e. The van der Waals surface area contributed by atoms with Crippen LogP contribution in [0.25, 0.3) is 0 Å². The first-order chi connectivity index (χ1) is 13.7. The molecule has 3 rings (SSSR count). The Hall–Kier alpha value is -2.38. The summed E-state index contributed by atoms with van der Waals surface area (Å²) in [5.74, 6) is 0.263. The summed E-state index contributed by atoms with van der Waals surface area (Å²) in [6.07, 6.45) is 1.76. The number of ether oxygens (including phenoxy) is 1. The van der Waals surface area contributed by atoms with E-state index in [1.54, 1.807) is 18.2 Å². The molecule has 156 valence electrons. The highest BCUT2D eigenvalue weighted by Crippen LogP contribution is 2.25. The first-order valence-electron chi connectivity index (χ1n) is 9.80. The lowest BCUT2D eigenvalue weighted by Crippen LogP contribution is -2.28. The number of carbonyl (C=O) groups is 1. The minimum absolute atomic E-state index is 0.0519. The Balaban J connectivity index is 1.60. The second kappa shape index (κ2) is 8.55. The number of hydrogen-bond donors (Lipinski definition) is 1. The largest absolute Gasteiger partial charge is 0.484 e. The average Bonchev–Trinajstić information content (AvgIpc) is 3.22. The number of carbonyl (C=O) groups excluding carboxylic acids is 1. The Morgan fingerprint density at radius 1 is 1.07 bits per heavy atom. The molecule has 2 aromatic rings. The quantitative estimate of drug-likeness (QED) is 0.777. The van der Waals surface area contributed by atoms with E-state index in [4.69, 9.17) is 4.74 Å². The van der Waals surface area contributed by atoms with Crippen molar-refractivity contribution < 1.29 is 17.9 Å². The molecule has 1 amide bonds. The lowest BCUT2D eigenvalue weighted by atomic mass is 9.87. The van der Waals surface area contributed by atoms with Crippen LogP contribution in [0.4, 0.5) is 5.69 Å². The highest BCUT2D eigenvalue weighted by Gasteiger charge is 2.27. The maximum absolute atomic E-state index is 12.7. The normalized spacial score (nSPS) is 15.3. The highest BCUT2D eigenvalue weighted by atomic mass is 32.2. The molecule has 29 heavy (non-hydrogen) atoms. The van der Waals surface area contributed by atoms with Crippen molar-refractivity contribution >= 4 is 21.6 Å². The average molecular weight is 417 g/mol. The van der Waals surface area contributed by atoms with E-state index >= 15 is 0 Å². The maximum atomic E-state index is 12.7. The molecule has 0 aromatic heterocycles. The van der Waals surface area contributed by atoms with Crippen molar-refractivity contribution in [2.75, 3.05) is 25.0 Å². The predicted octanol–water partition coefficient (Wildman–Crippen LogP) is 3.79. The van der Waals surface area contributed by atoms with Gasteiger partial charge in [0.2, 0.25) is 10.0 Å². The van der Waals surface area contributed by atoms with E-state index in [0.717, 1.165) is 12.8 Å². The molecule has 0 spiro atoms. The molecule has 0 bridgehead atoms. The SMILES string of the molecule is CC(C)(C)c1ccc(OCC(=O)Nc2cccc(S(=O)(=O)N3CCCC3)c2)cc1. The van der Waals surface area contributed by atoms with Crippen molar-refractivity contribution in [3.63, 3.8) is 0 Å². The number of amides is 1.